The van der Waals surface area contributed by atoms with Crippen molar-refractivity contribution in [3.05, 3.63) is 33.9 Å². The minimum atomic E-state index is -3.01. The van der Waals surface area contributed by atoms with E-state index < -0.39 is 14.8 Å². The van der Waals surface area contributed by atoms with Crippen molar-refractivity contribution in [3.63, 3.8) is 0 Å². The standard InChI is InChI=1S/C19H28N2O6S/c1-4-14(13-19(22)27-3)15-6-7-17(18(12-15)21(23)24)20(5-2)16-8-10-28(25,26)11-9-16/h6-7,12,14,16H,4-5,8-11,13H2,1-3H3. The normalized spacial score (nSPS) is 17.7. The number of methoxy groups -OCH3 is 1. The van der Waals surface area contributed by atoms with Crippen molar-refractivity contribution in [3.8, 4) is 0 Å². The summed E-state index contributed by atoms with van der Waals surface area (Å²) in [7, 11) is -1.68. The third kappa shape index (κ3) is 5.21. The van der Waals surface area contributed by atoms with Gasteiger partial charge in [-0.3, -0.25) is 14.9 Å². The number of rotatable bonds is 8. The van der Waals surface area contributed by atoms with E-state index in [9.17, 15) is 23.3 Å². The molecule has 0 N–H and O–H groups in total. The minimum Gasteiger partial charge on any atom is -0.469 e. The molecule has 0 radical (unpaired) electrons. The molecule has 8 nitrogen and oxygen atoms in total. The maximum absolute atomic E-state index is 11.8. The molecule has 1 heterocycles. The van der Waals surface area contributed by atoms with Crippen LogP contribution in [0.3, 0.4) is 0 Å². The monoisotopic (exact) mass is 412 g/mol. The number of esters is 1. The zero-order chi connectivity index (χ0) is 20.9. The number of benzene rings is 1. The van der Waals surface area contributed by atoms with Gasteiger partial charge in [-0.1, -0.05) is 13.0 Å². The van der Waals surface area contributed by atoms with Gasteiger partial charge in [0.25, 0.3) is 5.69 Å². The lowest BCUT2D eigenvalue weighted by Crippen LogP contribution is -2.41. The Morgan fingerprint density at radius 2 is 1.96 bits per heavy atom. The van der Waals surface area contributed by atoms with Crippen LogP contribution in [-0.4, -0.2) is 50.5 Å². The van der Waals surface area contributed by atoms with Gasteiger partial charge in [0.2, 0.25) is 0 Å². The summed E-state index contributed by atoms with van der Waals surface area (Å²) in [6.45, 7) is 4.38. The van der Waals surface area contributed by atoms with Crippen LogP contribution in [-0.2, 0) is 19.4 Å². The molecule has 1 aromatic rings. The number of carbonyl (C=O) groups excluding carboxylic acids is 1. The van der Waals surface area contributed by atoms with Crippen molar-refractivity contribution < 1.29 is 22.9 Å². The van der Waals surface area contributed by atoms with E-state index in [1.165, 1.54) is 13.2 Å². The predicted molar refractivity (Wildman–Crippen MR) is 107 cm³/mol. The lowest BCUT2D eigenvalue weighted by molar-refractivity contribution is -0.384. The Hall–Kier alpha value is -2.16. The summed E-state index contributed by atoms with van der Waals surface area (Å²) >= 11 is 0. The van der Waals surface area contributed by atoms with Crippen LogP contribution in [0.5, 0.6) is 0 Å². The van der Waals surface area contributed by atoms with Crippen molar-refractivity contribution in [2.45, 2.75) is 51.5 Å². The Kier molecular flexibility index (Phi) is 7.40. The van der Waals surface area contributed by atoms with Gasteiger partial charge in [0.15, 0.2) is 0 Å². The summed E-state index contributed by atoms with van der Waals surface area (Å²) in [5.74, 6) is -0.291. The van der Waals surface area contributed by atoms with Crippen LogP contribution in [0.4, 0.5) is 11.4 Å². The highest BCUT2D eigenvalue weighted by atomic mass is 32.2. The lowest BCUT2D eigenvalue weighted by atomic mass is 9.92. The zero-order valence-corrected chi connectivity index (χ0v) is 17.4. The van der Waals surface area contributed by atoms with E-state index in [2.05, 4.69) is 0 Å². The number of anilines is 1. The first-order chi connectivity index (χ1) is 13.2. The molecule has 0 bridgehead atoms. The Morgan fingerprint density at radius 1 is 1.32 bits per heavy atom. The van der Waals surface area contributed by atoms with Gasteiger partial charge in [-0.05, 0) is 43.7 Å². The van der Waals surface area contributed by atoms with Crippen molar-refractivity contribution in [2.24, 2.45) is 0 Å². The van der Waals surface area contributed by atoms with E-state index in [0.29, 0.717) is 31.5 Å². The highest BCUT2D eigenvalue weighted by Gasteiger charge is 2.31. The average Bonchev–Trinajstić information content (AvgIpc) is 2.67. The number of carbonyl (C=O) groups is 1. The topological polar surface area (TPSA) is 107 Å². The van der Waals surface area contributed by atoms with Gasteiger partial charge >= 0.3 is 5.97 Å². The fourth-order valence-corrected chi connectivity index (χ4v) is 5.25. The molecule has 0 amide bonds. The molecule has 1 aliphatic rings. The number of nitrogens with zero attached hydrogens (tertiary/aromatic N) is 2. The molecule has 0 saturated carbocycles. The molecular weight excluding hydrogens is 384 g/mol. The SMILES string of the molecule is CCC(CC(=O)OC)c1ccc(N(CC)C2CCS(=O)(=O)CC2)c([N+](=O)[O-])c1. The van der Waals surface area contributed by atoms with E-state index in [0.717, 1.165) is 5.56 Å². The number of nitro groups is 1. The summed E-state index contributed by atoms with van der Waals surface area (Å²) in [4.78, 5) is 24.9. The quantitative estimate of drug-likeness (QED) is 0.367. The molecule has 1 saturated heterocycles. The smallest absolute Gasteiger partial charge is 0.306 e. The first kappa shape index (κ1) is 22.1. The Morgan fingerprint density at radius 3 is 2.46 bits per heavy atom. The molecule has 1 aliphatic heterocycles. The second-order valence-corrected chi connectivity index (χ2v) is 9.36. The molecule has 9 heteroatoms. The summed E-state index contributed by atoms with van der Waals surface area (Å²) in [6, 6.07) is 5.03. The molecule has 0 aliphatic carbocycles. The predicted octanol–water partition coefficient (Wildman–Crippen LogP) is 3.06. The summed E-state index contributed by atoms with van der Waals surface area (Å²) in [6.07, 6.45) is 1.76. The molecule has 28 heavy (non-hydrogen) atoms. The van der Waals surface area contributed by atoms with Crippen molar-refractivity contribution in [2.75, 3.05) is 30.1 Å². The number of ether oxygens (including phenoxy) is 1. The Labute approximate surface area is 165 Å². The number of nitro benzene ring substituents is 1. The number of hydrogen-bond donors (Lipinski definition) is 0. The Bertz CT molecular complexity index is 810. The van der Waals surface area contributed by atoms with Crippen molar-refractivity contribution in [1.29, 1.82) is 0 Å². The number of hydrogen-bond acceptors (Lipinski definition) is 7. The molecule has 1 unspecified atom stereocenters. The van der Waals surface area contributed by atoms with Crippen LogP contribution in [0.25, 0.3) is 0 Å². The lowest BCUT2D eigenvalue weighted by Gasteiger charge is -2.35. The van der Waals surface area contributed by atoms with Crippen LogP contribution in [0.2, 0.25) is 0 Å². The van der Waals surface area contributed by atoms with Crippen LogP contribution < -0.4 is 4.90 Å². The molecule has 0 spiro atoms. The maximum atomic E-state index is 11.8. The van der Waals surface area contributed by atoms with Gasteiger partial charge < -0.3 is 9.64 Å². The van der Waals surface area contributed by atoms with Gasteiger partial charge in [-0.25, -0.2) is 8.42 Å². The van der Waals surface area contributed by atoms with Gasteiger partial charge in [0.05, 0.1) is 30.0 Å². The second-order valence-electron chi connectivity index (χ2n) is 7.06. The molecule has 1 fully saturated rings. The third-order valence-corrected chi connectivity index (χ3v) is 7.13. The van der Waals surface area contributed by atoms with Crippen LogP contribution in [0.1, 0.15) is 51.0 Å². The third-order valence-electron chi connectivity index (χ3n) is 5.42. The van der Waals surface area contributed by atoms with E-state index >= 15 is 0 Å². The van der Waals surface area contributed by atoms with Gasteiger partial charge in [0, 0.05) is 18.7 Å². The highest BCUT2D eigenvalue weighted by molar-refractivity contribution is 7.91. The van der Waals surface area contributed by atoms with Crippen LogP contribution >= 0.6 is 0 Å². The van der Waals surface area contributed by atoms with Gasteiger partial charge in [-0.2, -0.15) is 0 Å². The van der Waals surface area contributed by atoms with Crippen LogP contribution in [0.15, 0.2) is 18.2 Å². The van der Waals surface area contributed by atoms with Gasteiger partial charge in [-0.15, -0.1) is 0 Å². The minimum absolute atomic E-state index is 0.0175. The largest absolute Gasteiger partial charge is 0.469 e. The average molecular weight is 413 g/mol. The van der Waals surface area contributed by atoms with Crippen LogP contribution in [0, 0.1) is 10.1 Å². The fourth-order valence-electron chi connectivity index (χ4n) is 3.78. The Balaban J connectivity index is 2.35. The second kappa shape index (κ2) is 9.36. The molecular formula is C19H28N2O6S. The summed E-state index contributed by atoms with van der Waals surface area (Å²) < 4.78 is 28.2. The van der Waals surface area contributed by atoms with E-state index in [1.54, 1.807) is 6.07 Å². The first-order valence-electron chi connectivity index (χ1n) is 9.54. The summed E-state index contributed by atoms with van der Waals surface area (Å²) in [5, 5.41) is 11.8. The molecule has 1 atom stereocenters. The molecule has 156 valence electrons. The van der Waals surface area contributed by atoms with Gasteiger partial charge in [0.1, 0.15) is 15.5 Å². The maximum Gasteiger partial charge on any atom is 0.306 e. The molecule has 0 aromatic heterocycles. The van der Waals surface area contributed by atoms with Crippen molar-refractivity contribution in [1.82, 2.24) is 0 Å². The fraction of sp³-hybridized carbons (Fsp3) is 0.632. The van der Waals surface area contributed by atoms with Crippen molar-refractivity contribution >= 4 is 27.2 Å². The van der Waals surface area contributed by atoms with E-state index in [1.807, 2.05) is 24.8 Å². The van der Waals surface area contributed by atoms with E-state index in [-0.39, 0.29) is 41.5 Å². The summed E-state index contributed by atoms with van der Waals surface area (Å²) in [5.41, 5.74) is 1.20. The first-order valence-corrected chi connectivity index (χ1v) is 11.4. The molecule has 2 rings (SSSR count). The number of sulfone groups is 1. The molecule has 1 aromatic carbocycles. The highest BCUT2D eigenvalue weighted by Crippen LogP contribution is 2.36. The zero-order valence-electron chi connectivity index (χ0n) is 16.6. The van der Waals surface area contributed by atoms with E-state index in [4.69, 9.17) is 4.74 Å².